The number of H-pyrrole nitrogens is 1. The molecule has 0 unspecified atom stereocenters. The van der Waals surface area contributed by atoms with Crippen LogP contribution >= 0.6 is 0 Å². The minimum Gasteiger partial charge on any atom is -0.496 e. The molecular weight excluding hydrogens is 364 g/mol. The zero-order chi connectivity index (χ0) is 19.8. The highest BCUT2D eigenvalue weighted by molar-refractivity contribution is 5.73. The van der Waals surface area contributed by atoms with Gasteiger partial charge in [-0.25, -0.2) is 9.97 Å². The van der Waals surface area contributed by atoms with Crippen molar-refractivity contribution in [1.82, 2.24) is 24.6 Å². The second kappa shape index (κ2) is 7.24. The summed E-state index contributed by atoms with van der Waals surface area (Å²) in [6.07, 6.45) is 12.6. The van der Waals surface area contributed by atoms with Gasteiger partial charge in [-0.3, -0.25) is 9.50 Å². The molecule has 0 aliphatic heterocycles. The number of nitrogens with one attached hydrogen (secondary N) is 1. The number of methoxy groups -OCH3 is 1. The van der Waals surface area contributed by atoms with E-state index < -0.39 is 0 Å². The number of ether oxygens (including phenoxy) is 1. The van der Waals surface area contributed by atoms with Crippen LogP contribution in [0, 0.1) is 0 Å². The summed E-state index contributed by atoms with van der Waals surface area (Å²) in [5.41, 5.74) is 4.59. The van der Waals surface area contributed by atoms with E-state index in [9.17, 15) is 0 Å². The van der Waals surface area contributed by atoms with Crippen LogP contribution < -0.4 is 9.64 Å². The van der Waals surface area contributed by atoms with Gasteiger partial charge in [-0.15, -0.1) is 0 Å². The van der Waals surface area contributed by atoms with Gasteiger partial charge in [0.05, 0.1) is 30.9 Å². The van der Waals surface area contributed by atoms with E-state index in [0.29, 0.717) is 6.04 Å². The first-order chi connectivity index (χ1) is 14.2. The van der Waals surface area contributed by atoms with Crippen LogP contribution in [-0.4, -0.2) is 44.8 Å². The van der Waals surface area contributed by atoms with Crippen LogP contribution in [0.1, 0.15) is 25.7 Å². The maximum absolute atomic E-state index is 5.58. The van der Waals surface area contributed by atoms with Gasteiger partial charge >= 0.3 is 0 Å². The fourth-order valence-electron chi connectivity index (χ4n) is 4.22. The molecular formula is C22H24N6O. The molecule has 148 valence electrons. The molecule has 1 aliphatic carbocycles. The highest BCUT2D eigenvalue weighted by Gasteiger charge is 2.21. The molecule has 0 radical (unpaired) electrons. The van der Waals surface area contributed by atoms with Gasteiger partial charge in [0, 0.05) is 42.7 Å². The van der Waals surface area contributed by atoms with Crippen molar-refractivity contribution in [3.8, 4) is 28.3 Å². The van der Waals surface area contributed by atoms with Gasteiger partial charge in [0.1, 0.15) is 17.2 Å². The average molecular weight is 388 g/mol. The lowest BCUT2D eigenvalue weighted by Gasteiger charge is -2.25. The Morgan fingerprint density at radius 3 is 2.83 bits per heavy atom. The highest BCUT2D eigenvalue weighted by atomic mass is 16.5. The molecule has 4 aromatic rings. The minimum absolute atomic E-state index is 0.580. The van der Waals surface area contributed by atoms with Gasteiger partial charge in [0.2, 0.25) is 0 Å². The molecule has 7 heteroatoms. The molecule has 1 N–H and O–H groups in total. The van der Waals surface area contributed by atoms with Crippen molar-refractivity contribution in [2.75, 3.05) is 19.1 Å². The van der Waals surface area contributed by atoms with Crippen LogP contribution in [0.25, 0.3) is 28.2 Å². The fraction of sp³-hybridized carbons (Fsp3) is 0.318. The second-order valence-corrected chi connectivity index (χ2v) is 7.54. The largest absolute Gasteiger partial charge is 0.496 e. The van der Waals surface area contributed by atoms with Crippen LogP contribution in [-0.2, 0) is 0 Å². The Kier molecular flexibility index (Phi) is 4.42. The summed E-state index contributed by atoms with van der Waals surface area (Å²) in [4.78, 5) is 11.9. The average Bonchev–Trinajstić information content (AvgIpc) is 3.53. The van der Waals surface area contributed by atoms with E-state index >= 15 is 0 Å². The predicted octanol–water partition coefficient (Wildman–Crippen LogP) is 4.17. The highest BCUT2D eigenvalue weighted by Crippen LogP contribution is 2.33. The van der Waals surface area contributed by atoms with Crippen molar-refractivity contribution in [3.63, 3.8) is 0 Å². The molecule has 0 saturated heterocycles. The first-order valence-corrected chi connectivity index (χ1v) is 9.99. The van der Waals surface area contributed by atoms with E-state index in [1.165, 1.54) is 25.7 Å². The van der Waals surface area contributed by atoms with Crippen LogP contribution in [0.15, 0.2) is 49.1 Å². The Balaban J connectivity index is 1.59. The van der Waals surface area contributed by atoms with Crippen LogP contribution in [0.4, 0.5) is 5.82 Å². The molecule has 1 saturated carbocycles. The van der Waals surface area contributed by atoms with E-state index in [1.54, 1.807) is 13.3 Å². The van der Waals surface area contributed by atoms with Crippen LogP contribution in [0.3, 0.4) is 0 Å². The number of fused-ring (bicyclic) bond motifs is 1. The van der Waals surface area contributed by atoms with Crippen LogP contribution in [0.2, 0.25) is 0 Å². The lowest BCUT2D eigenvalue weighted by Crippen LogP contribution is -2.29. The standard InChI is InChI=1S/C22H24N6O/c1-27(16-6-3-4-7-16)21-9-5-8-18(26-21)19-13-23-22-10-20(29-2)17(14-28(19)22)15-11-24-25-12-15/h5,8-14,16H,3-4,6-7H2,1-2H3,(H,24,25). The van der Waals surface area contributed by atoms with Crippen LogP contribution in [0.5, 0.6) is 5.75 Å². The molecule has 4 aromatic heterocycles. The van der Waals surface area contributed by atoms with Gasteiger partial charge in [0.25, 0.3) is 0 Å². The monoisotopic (exact) mass is 388 g/mol. The van der Waals surface area contributed by atoms with Gasteiger partial charge in [-0.05, 0) is 25.0 Å². The molecule has 0 amide bonds. The van der Waals surface area contributed by atoms with Crippen molar-refractivity contribution >= 4 is 11.5 Å². The Morgan fingerprint density at radius 1 is 1.21 bits per heavy atom. The predicted molar refractivity (Wildman–Crippen MR) is 113 cm³/mol. The number of rotatable bonds is 5. The van der Waals surface area contributed by atoms with Crippen molar-refractivity contribution in [3.05, 3.63) is 49.1 Å². The SMILES string of the molecule is COc1cc2ncc(-c3cccc(N(C)C4CCCC4)n3)n2cc1-c1cn[nH]c1. The number of imidazole rings is 1. The molecule has 7 nitrogen and oxygen atoms in total. The van der Waals surface area contributed by atoms with Gasteiger partial charge in [-0.1, -0.05) is 18.9 Å². The molecule has 0 bridgehead atoms. The maximum atomic E-state index is 5.58. The number of aromatic amines is 1. The topological polar surface area (TPSA) is 71.3 Å². The molecule has 0 spiro atoms. The number of anilines is 1. The third-order valence-electron chi connectivity index (χ3n) is 5.87. The van der Waals surface area contributed by atoms with Gasteiger partial charge in [0.15, 0.2) is 0 Å². The molecule has 4 heterocycles. The fourth-order valence-corrected chi connectivity index (χ4v) is 4.22. The number of aromatic nitrogens is 5. The normalized spacial score (nSPS) is 14.6. The van der Waals surface area contributed by atoms with E-state index in [-0.39, 0.29) is 0 Å². The molecule has 1 aliphatic rings. The van der Waals surface area contributed by atoms with Crippen molar-refractivity contribution in [2.45, 2.75) is 31.7 Å². The molecule has 0 atom stereocenters. The first kappa shape index (κ1) is 17.7. The lowest BCUT2D eigenvalue weighted by molar-refractivity contribution is 0.416. The Labute approximate surface area is 169 Å². The summed E-state index contributed by atoms with van der Waals surface area (Å²) in [6.45, 7) is 0. The van der Waals surface area contributed by atoms with Gasteiger partial charge in [-0.2, -0.15) is 5.10 Å². The quantitative estimate of drug-likeness (QED) is 0.555. The zero-order valence-electron chi connectivity index (χ0n) is 16.7. The number of hydrogen-bond acceptors (Lipinski definition) is 5. The molecule has 29 heavy (non-hydrogen) atoms. The Hall–Kier alpha value is -3.35. The molecule has 1 fully saturated rings. The smallest absolute Gasteiger partial charge is 0.140 e. The number of pyridine rings is 2. The third kappa shape index (κ3) is 3.12. The second-order valence-electron chi connectivity index (χ2n) is 7.54. The number of hydrogen-bond donors (Lipinski definition) is 1. The first-order valence-electron chi connectivity index (χ1n) is 9.99. The van der Waals surface area contributed by atoms with Crippen molar-refractivity contribution in [2.24, 2.45) is 0 Å². The number of nitrogens with zero attached hydrogens (tertiary/aromatic N) is 5. The van der Waals surface area contributed by atoms with E-state index in [1.807, 2.05) is 30.7 Å². The van der Waals surface area contributed by atoms with Gasteiger partial charge < -0.3 is 9.64 Å². The molecule has 5 rings (SSSR count). The summed E-state index contributed by atoms with van der Waals surface area (Å²) >= 11 is 0. The summed E-state index contributed by atoms with van der Waals surface area (Å²) in [7, 11) is 3.82. The van der Waals surface area contributed by atoms with E-state index in [2.05, 4.69) is 43.7 Å². The third-order valence-corrected chi connectivity index (χ3v) is 5.87. The van der Waals surface area contributed by atoms with E-state index in [4.69, 9.17) is 9.72 Å². The lowest BCUT2D eigenvalue weighted by atomic mass is 10.1. The summed E-state index contributed by atoms with van der Waals surface area (Å²) in [6, 6.07) is 8.72. The van der Waals surface area contributed by atoms with Crippen molar-refractivity contribution in [1.29, 1.82) is 0 Å². The Morgan fingerprint density at radius 2 is 2.07 bits per heavy atom. The zero-order valence-corrected chi connectivity index (χ0v) is 16.7. The van der Waals surface area contributed by atoms with E-state index in [0.717, 1.165) is 39.7 Å². The minimum atomic E-state index is 0.580. The summed E-state index contributed by atoms with van der Waals surface area (Å²) in [5, 5.41) is 6.93. The van der Waals surface area contributed by atoms with Crippen molar-refractivity contribution < 1.29 is 4.74 Å². The molecule has 0 aromatic carbocycles. The Bertz CT molecular complexity index is 1130. The maximum Gasteiger partial charge on any atom is 0.140 e. The summed E-state index contributed by atoms with van der Waals surface area (Å²) < 4.78 is 7.64. The summed E-state index contributed by atoms with van der Waals surface area (Å²) in [5.74, 6) is 1.77.